The van der Waals surface area contributed by atoms with E-state index in [1.54, 1.807) is 0 Å². The first-order valence-electron chi connectivity index (χ1n) is 6.17. The molecular formula is C14H20N2O2. The Morgan fingerprint density at radius 1 is 1.39 bits per heavy atom. The van der Waals surface area contributed by atoms with E-state index in [1.165, 1.54) is 0 Å². The summed E-state index contributed by atoms with van der Waals surface area (Å²) >= 11 is 0. The predicted molar refractivity (Wildman–Crippen MR) is 70.3 cm³/mol. The summed E-state index contributed by atoms with van der Waals surface area (Å²) in [7, 11) is 0. The summed E-state index contributed by atoms with van der Waals surface area (Å²) < 4.78 is 5.19. The first-order valence-corrected chi connectivity index (χ1v) is 6.17. The Morgan fingerprint density at radius 2 is 2.06 bits per heavy atom. The Labute approximate surface area is 108 Å². The Kier molecular flexibility index (Phi) is 6.20. The van der Waals surface area contributed by atoms with E-state index in [4.69, 9.17) is 15.1 Å². The molecule has 0 saturated heterocycles. The van der Waals surface area contributed by atoms with Gasteiger partial charge < -0.3 is 15.2 Å². The molecule has 2 atom stereocenters. The smallest absolute Gasteiger partial charge is 0.174 e. The second kappa shape index (κ2) is 7.70. The first kappa shape index (κ1) is 14.5. The van der Waals surface area contributed by atoms with Gasteiger partial charge in [-0.2, -0.15) is 5.26 Å². The zero-order valence-corrected chi connectivity index (χ0v) is 10.9. The Morgan fingerprint density at radius 3 is 2.56 bits per heavy atom. The van der Waals surface area contributed by atoms with E-state index in [-0.39, 0.29) is 25.3 Å². The number of benzene rings is 1. The van der Waals surface area contributed by atoms with Gasteiger partial charge in [0.1, 0.15) is 11.8 Å². The maximum Gasteiger partial charge on any atom is 0.174 e. The van der Waals surface area contributed by atoms with Crippen molar-refractivity contribution in [2.45, 2.75) is 32.4 Å². The Bertz CT molecular complexity index is 380. The van der Waals surface area contributed by atoms with Crippen LogP contribution in [0, 0.1) is 11.3 Å². The van der Waals surface area contributed by atoms with E-state index in [0.29, 0.717) is 5.75 Å². The largest absolute Gasteiger partial charge is 0.479 e. The van der Waals surface area contributed by atoms with E-state index in [2.05, 4.69) is 12.2 Å². The molecule has 0 spiro atoms. The molecule has 0 heterocycles. The van der Waals surface area contributed by atoms with Gasteiger partial charge >= 0.3 is 0 Å². The van der Waals surface area contributed by atoms with E-state index in [1.807, 2.05) is 37.3 Å². The van der Waals surface area contributed by atoms with Gasteiger partial charge in [0.15, 0.2) is 6.61 Å². The lowest BCUT2D eigenvalue weighted by Gasteiger charge is -2.21. The van der Waals surface area contributed by atoms with Crippen LogP contribution in [0.4, 0.5) is 0 Å². The number of ether oxygens (including phenoxy) is 1. The minimum absolute atomic E-state index is 0.0651. The minimum Gasteiger partial charge on any atom is -0.479 e. The van der Waals surface area contributed by atoms with Crippen molar-refractivity contribution in [2.75, 3.05) is 13.2 Å². The average Bonchev–Trinajstić information content (AvgIpc) is 2.42. The van der Waals surface area contributed by atoms with Gasteiger partial charge in [0.05, 0.1) is 6.61 Å². The highest BCUT2D eigenvalue weighted by molar-refractivity contribution is 5.29. The quantitative estimate of drug-likeness (QED) is 0.774. The number of hydrogen-bond acceptors (Lipinski definition) is 4. The van der Waals surface area contributed by atoms with Gasteiger partial charge in [-0.05, 0) is 31.0 Å². The lowest BCUT2D eigenvalue weighted by atomic mass is 10.1. The Balaban J connectivity index is 2.58. The van der Waals surface area contributed by atoms with Crippen molar-refractivity contribution in [1.29, 1.82) is 5.26 Å². The normalized spacial score (nSPS) is 13.7. The second-order valence-corrected chi connectivity index (χ2v) is 4.19. The Hall–Kier alpha value is -1.57. The highest BCUT2D eigenvalue weighted by atomic mass is 16.5. The summed E-state index contributed by atoms with van der Waals surface area (Å²) in [5, 5.41) is 20.9. The lowest BCUT2D eigenvalue weighted by Crippen LogP contribution is -2.33. The number of aliphatic hydroxyl groups is 1. The summed E-state index contributed by atoms with van der Waals surface area (Å²) in [6.45, 7) is 4.31. The molecule has 4 nitrogen and oxygen atoms in total. The summed E-state index contributed by atoms with van der Waals surface area (Å²) in [6.07, 6.45) is 0.893. The molecule has 0 aliphatic rings. The zero-order valence-electron chi connectivity index (χ0n) is 10.9. The molecule has 0 fully saturated rings. The topological polar surface area (TPSA) is 65.3 Å². The van der Waals surface area contributed by atoms with Crippen molar-refractivity contribution in [3.63, 3.8) is 0 Å². The van der Waals surface area contributed by atoms with E-state index in [9.17, 15) is 0 Å². The minimum atomic E-state index is 0.0651. The van der Waals surface area contributed by atoms with Crippen molar-refractivity contribution < 1.29 is 9.84 Å². The number of aliphatic hydroxyl groups excluding tert-OH is 1. The molecular weight excluding hydrogens is 228 g/mol. The summed E-state index contributed by atoms with van der Waals surface area (Å²) in [6, 6.07) is 9.86. The molecule has 0 radical (unpaired) electrons. The molecule has 1 aromatic carbocycles. The fourth-order valence-electron chi connectivity index (χ4n) is 1.72. The van der Waals surface area contributed by atoms with Crippen LogP contribution in [0.3, 0.4) is 0 Å². The van der Waals surface area contributed by atoms with E-state index < -0.39 is 0 Å². The molecule has 0 bridgehead atoms. The fourth-order valence-corrected chi connectivity index (χ4v) is 1.72. The number of rotatable bonds is 7. The van der Waals surface area contributed by atoms with Crippen LogP contribution in [0.1, 0.15) is 31.9 Å². The summed E-state index contributed by atoms with van der Waals surface area (Å²) in [5.74, 6) is 0.696. The molecule has 2 N–H and O–H groups in total. The van der Waals surface area contributed by atoms with Crippen LogP contribution in [0.2, 0.25) is 0 Å². The third-order valence-corrected chi connectivity index (χ3v) is 2.88. The molecule has 0 saturated carbocycles. The molecule has 98 valence electrons. The molecule has 4 heteroatoms. The standard InChI is InChI=1S/C14H20N2O2/c1-3-13(10-17)16-11(2)12-4-6-14(7-5-12)18-9-8-15/h4-7,11,13,16-17H,3,9-10H2,1-2H3/t11?,13-/m0/s1. The fraction of sp³-hybridized carbons (Fsp3) is 0.500. The number of nitrogens with one attached hydrogen (secondary N) is 1. The monoisotopic (exact) mass is 248 g/mol. The van der Waals surface area contributed by atoms with Gasteiger partial charge in [0.25, 0.3) is 0 Å². The van der Waals surface area contributed by atoms with Gasteiger partial charge in [0.2, 0.25) is 0 Å². The molecule has 0 amide bonds. The molecule has 0 aliphatic heterocycles. The van der Waals surface area contributed by atoms with Gasteiger partial charge in [0, 0.05) is 12.1 Å². The van der Waals surface area contributed by atoms with Gasteiger partial charge in [-0.25, -0.2) is 0 Å². The number of nitriles is 1. The van der Waals surface area contributed by atoms with Crippen LogP contribution < -0.4 is 10.1 Å². The predicted octanol–water partition coefficient (Wildman–Crippen LogP) is 2.01. The van der Waals surface area contributed by atoms with Crippen molar-refractivity contribution in [1.82, 2.24) is 5.32 Å². The summed E-state index contributed by atoms with van der Waals surface area (Å²) in [5.41, 5.74) is 1.13. The van der Waals surface area contributed by atoms with Crippen LogP contribution in [-0.2, 0) is 0 Å². The number of hydrogen-bond donors (Lipinski definition) is 2. The molecule has 1 rings (SSSR count). The third kappa shape index (κ3) is 4.36. The highest BCUT2D eigenvalue weighted by Gasteiger charge is 2.10. The van der Waals surface area contributed by atoms with Gasteiger partial charge in [-0.15, -0.1) is 0 Å². The molecule has 0 aromatic heterocycles. The maximum atomic E-state index is 9.15. The van der Waals surface area contributed by atoms with Crippen LogP contribution in [0.15, 0.2) is 24.3 Å². The number of nitrogens with zero attached hydrogens (tertiary/aromatic N) is 1. The lowest BCUT2D eigenvalue weighted by molar-refractivity contribution is 0.230. The zero-order chi connectivity index (χ0) is 13.4. The van der Waals surface area contributed by atoms with Crippen LogP contribution in [0.5, 0.6) is 5.75 Å². The average molecular weight is 248 g/mol. The summed E-state index contributed by atoms with van der Waals surface area (Å²) in [4.78, 5) is 0. The molecule has 1 aromatic rings. The van der Waals surface area contributed by atoms with Gasteiger partial charge in [-0.3, -0.25) is 0 Å². The molecule has 1 unspecified atom stereocenters. The SMILES string of the molecule is CC[C@@H](CO)NC(C)c1ccc(OCC#N)cc1. The molecule has 18 heavy (non-hydrogen) atoms. The van der Waals surface area contributed by atoms with E-state index >= 15 is 0 Å². The van der Waals surface area contributed by atoms with E-state index in [0.717, 1.165) is 12.0 Å². The maximum absolute atomic E-state index is 9.15. The van der Waals surface area contributed by atoms with Crippen molar-refractivity contribution in [3.8, 4) is 11.8 Å². The third-order valence-electron chi connectivity index (χ3n) is 2.88. The van der Waals surface area contributed by atoms with Crippen molar-refractivity contribution >= 4 is 0 Å². The van der Waals surface area contributed by atoms with Crippen LogP contribution in [-0.4, -0.2) is 24.4 Å². The van der Waals surface area contributed by atoms with Crippen LogP contribution >= 0.6 is 0 Å². The van der Waals surface area contributed by atoms with Crippen LogP contribution in [0.25, 0.3) is 0 Å². The van der Waals surface area contributed by atoms with Gasteiger partial charge in [-0.1, -0.05) is 19.1 Å². The molecule has 0 aliphatic carbocycles. The van der Waals surface area contributed by atoms with Crippen molar-refractivity contribution in [3.05, 3.63) is 29.8 Å². The first-order chi connectivity index (χ1) is 8.71. The second-order valence-electron chi connectivity index (χ2n) is 4.19. The highest BCUT2D eigenvalue weighted by Crippen LogP contribution is 2.18. The van der Waals surface area contributed by atoms with Crippen molar-refractivity contribution in [2.24, 2.45) is 0 Å².